The molecule has 0 bridgehead atoms. The molecule has 1 aromatic carbocycles. The van der Waals surface area contributed by atoms with Gasteiger partial charge < -0.3 is 15.0 Å². The third-order valence-corrected chi connectivity index (χ3v) is 3.89. The Bertz CT molecular complexity index is 515. The van der Waals surface area contributed by atoms with Gasteiger partial charge in [0.2, 0.25) is 5.91 Å². The van der Waals surface area contributed by atoms with E-state index in [1.165, 1.54) is 12.1 Å². The summed E-state index contributed by atoms with van der Waals surface area (Å²) in [6, 6.07) is 4.35. The minimum absolute atomic E-state index is 0.00644. The molecule has 0 spiro atoms. The highest BCUT2D eigenvalue weighted by molar-refractivity contribution is 5.97. The van der Waals surface area contributed by atoms with E-state index in [-0.39, 0.29) is 23.7 Å². The highest BCUT2D eigenvalue weighted by Gasteiger charge is 2.32. The van der Waals surface area contributed by atoms with Gasteiger partial charge in [-0.3, -0.25) is 4.79 Å². The van der Waals surface area contributed by atoms with Gasteiger partial charge in [0.15, 0.2) is 0 Å². The molecule has 2 aliphatic rings. The van der Waals surface area contributed by atoms with Crippen LogP contribution < -0.4 is 15.0 Å². The van der Waals surface area contributed by atoms with E-state index < -0.39 is 0 Å². The van der Waals surface area contributed by atoms with Gasteiger partial charge in [-0.2, -0.15) is 0 Å². The monoisotopic (exact) mass is 278 g/mol. The largest absolute Gasteiger partial charge is 0.487 e. The molecule has 20 heavy (non-hydrogen) atoms. The predicted octanol–water partition coefficient (Wildman–Crippen LogP) is 1.94. The van der Waals surface area contributed by atoms with Gasteiger partial charge in [0.25, 0.3) is 0 Å². The molecule has 2 atom stereocenters. The Hall–Kier alpha value is -1.62. The number of carbonyl (C=O) groups is 1. The number of amides is 1. The van der Waals surface area contributed by atoms with E-state index >= 15 is 0 Å². The van der Waals surface area contributed by atoms with Crippen LogP contribution in [0.2, 0.25) is 0 Å². The number of nitrogens with one attached hydrogen (secondary N) is 1. The zero-order valence-electron chi connectivity index (χ0n) is 11.6. The van der Waals surface area contributed by atoms with E-state index in [9.17, 15) is 9.18 Å². The number of halogens is 1. The fourth-order valence-electron chi connectivity index (χ4n) is 2.91. The SMILES string of the molecule is C[C@@H]1CN(C(=O)[C@H]2CCCNC2)c2ccc(F)cc2O1. The molecule has 0 aromatic heterocycles. The standard InChI is InChI=1S/C15H19FN2O2/c1-10-9-18(15(19)11-3-2-6-17-8-11)13-5-4-12(16)7-14(13)20-10/h4-5,7,10-11,17H,2-3,6,8-9H2,1H3/t10-,11+/m1/s1. The van der Waals surface area contributed by atoms with Crippen LogP contribution in [0.1, 0.15) is 19.8 Å². The van der Waals surface area contributed by atoms with Gasteiger partial charge in [-0.1, -0.05) is 0 Å². The number of anilines is 1. The molecule has 0 saturated carbocycles. The lowest BCUT2D eigenvalue weighted by atomic mass is 9.97. The average molecular weight is 278 g/mol. The first-order valence-corrected chi connectivity index (χ1v) is 7.13. The lowest BCUT2D eigenvalue weighted by Crippen LogP contribution is -2.48. The fourth-order valence-corrected chi connectivity index (χ4v) is 2.91. The van der Waals surface area contributed by atoms with Crippen LogP contribution in [0.5, 0.6) is 5.75 Å². The van der Waals surface area contributed by atoms with E-state index in [0.29, 0.717) is 18.0 Å². The number of benzene rings is 1. The second-order valence-corrected chi connectivity index (χ2v) is 5.53. The second-order valence-electron chi connectivity index (χ2n) is 5.53. The molecule has 3 rings (SSSR count). The molecule has 5 heteroatoms. The van der Waals surface area contributed by atoms with Crippen LogP contribution in [0, 0.1) is 11.7 Å². The first-order valence-electron chi connectivity index (χ1n) is 7.13. The molecule has 0 radical (unpaired) electrons. The van der Waals surface area contributed by atoms with Crippen LogP contribution in [-0.2, 0) is 4.79 Å². The summed E-state index contributed by atoms with van der Waals surface area (Å²) < 4.78 is 18.9. The Kier molecular flexibility index (Phi) is 3.61. The maximum atomic E-state index is 13.3. The highest BCUT2D eigenvalue weighted by atomic mass is 19.1. The number of ether oxygens (including phenoxy) is 1. The Morgan fingerprint density at radius 1 is 1.50 bits per heavy atom. The molecule has 4 nitrogen and oxygen atoms in total. The van der Waals surface area contributed by atoms with Gasteiger partial charge >= 0.3 is 0 Å². The van der Waals surface area contributed by atoms with Crippen molar-refractivity contribution in [1.82, 2.24) is 5.32 Å². The van der Waals surface area contributed by atoms with E-state index in [0.717, 1.165) is 25.9 Å². The van der Waals surface area contributed by atoms with Crippen molar-refractivity contribution < 1.29 is 13.9 Å². The first kappa shape index (κ1) is 13.4. The number of hydrogen-bond acceptors (Lipinski definition) is 3. The van der Waals surface area contributed by atoms with Crippen LogP contribution in [-0.4, -0.2) is 31.6 Å². The van der Waals surface area contributed by atoms with Crippen LogP contribution in [0.4, 0.5) is 10.1 Å². The maximum absolute atomic E-state index is 13.3. The van der Waals surface area contributed by atoms with Crippen molar-refractivity contribution in [3.8, 4) is 5.75 Å². The summed E-state index contributed by atoms with van der Waals surface area (Å²) in [6.45, 7) is 4.12. The van der Waals surface area contributed by atoms with Crippen LogP contribution in [0.15, 0.2) is 18.2 Å². The number of rotatable bonds is 1. The maximum Gasteiger partial charge on any atom is 0.231 e. The second kappa shape index (κ2) is 5.40. The van der Waals surface area contributed by atoms with Gasteiger partial charge in [-0.15, -0.1) is 0 Å². The lowest BCUT2D eigenvalue weighted by Gasteiger charge is -2.36. The van der Waals surface area contributed by atoms with Crippen molar-refractivity contribution in [2.24, 2.45) is 5.92 Å². The minimum atomic E-state index is -0.343. The quantitative estimate of drug-likeness (QED) is 0.853. The summed E-state index contributed by atoms with van der Waals surface area (Å²) >= 11 is 0. The molecule has 0 aliphatic carbocycles. The number of hydrogen-bond donors (Lipinski definition) is 1. The summed E-state index contributed by atoms with van der Waals surface area (Å²) in [7, 11) is 0. The molecule has 108 valence electrons. The van der Waals surface area contributed by atoms with E-state index in [4.69, 9.17) is 4.74 Å². The van der Waals surface area contributed by atoms with Crippen molar-refractivity contribution >= 4 is 11.6 Å². The molecular formula is C15H19FN2O2. The zero-order valence-corrected chi connectivity index (χ0v) is 11.6. The van der Waals surface area contributed by atoms with Gasteiger partial charge in [0.1, 0.15) is 17.7 Å². The Morgan fingerprint density at radius 2 is 2.35 bits per heavy atom. The molecule has 1 aromatic rings. The summed E-state index contributed by atoms with van der Waals surface area (Å²) in [4.78, 5) is 14.4. The number of carbonyl (C=O) groups excluding carboxylic acids is 1. The molecular weight excluding hydrogens is 259 g/mol. The van der Waals surface area contributed by atoms with Crippen molar-refractivity contribution in [1.29, 1.82) is 0 Å². The van der Waals surface area contributed by atoms with Gasteiger partial charge in [0.05, 0.1) is 18.2 Å². The molecule has 1 saturated heterocycles. The lowest BCUT2D eigenvalue weighted by molar-refractivity contribution is -0.123. The highest BCUT2D eigenvalue weighted by Crippen LogP contribution is 2.35. The zero-order chi connectivity index (χ0) is 14.1. The molecule has 1 amide bonds. The summed E-state index contributed by atoms with van der Waals surface area (Å²) in [6.07, 6.45) is 1.81. The molecule has 0 unspecified atom stereocenters. The van der Waals surface area contributed by atoms with E-state index in [1.54, 1.807) is 11.0 Å². The Morgan fingerprint density at radius 3 is 3.10 bits per heavy atom. The van der Waals surface area contributed by atoms with Crippen LogP contribution in [0.25, 0.3) is 0 Å². The van der Waals surface area contributed by atoms with E-state index in [2.05, 4.69) is 5.32 Å². The third kappa shape index (κ3) is 2.50. The summed E-state index contributed by atoms with van der Waals surface area (Å²) in [5.41, 5.74) is 0.681. The van der Waals surface area contributed by atoms with Gasteiger partial charge in [-0.05, 0) is 38.4 Å². The summed E-state index contributed by atoms with van der Waals surface area (Å²) in [5.74, 6) is 0.234. The molecule has 2 heterocycles. The Labute approximate surface area is 117 Å². The number of nitrogens with zero attached hydrogens (tertiary/aromatic N) is 1. The molecule has 1 N–H and O–H groups in total. The first-order chi connectivity index (χ1) is 9.65. The van der Waals surface area contributed by atoms with Crippen molar-refractivity contribution in [3.05, 3.63) is 24.0 Å². The van der Waals surface area contributed by atoms with Crippen LogP contribution >= 0.6 is 0 Å². The number of fused-ring (bicyclic) bond motifs is 1. The summed E-state index contributed by atoms with van der Waals surface area (Å²) in [5, 5.41) is 3.26. The average Bonchev–Trinajstić information content (AvgIpc) is 2.46. The minimum Gasteiger partial charge on any atom is -0.487 e. The van der Waals surface area contributed by atoms with Crippen molar-refractivity contribution in [2.75, 3.05) is 24.5 Å². The molecule has 2 aliphatic heterocycles. The fraction of sp³-hybridized carbons (Fsp3) is 0.533. The topological polar surface area (TPSA) is 41.6 Å². The van der Waals surface area contributed by atoms with Gasteiger partial charge in [0, 0.05) is 12.6 Å². The van der Waals surface area contributed by atoms with Crippen molar-refractivity contribution in [3.63, 3.8) is 0 Å². The van der Waals surface area contributed by atoms with Crippen molar-refractivity contribution in [2.45, 2.75) is 25.9 Å². The van der Waals surface area contributed by atoms with Gasteiger partial charge in [-0.25, -0.2) is 4.39 Å². The smallest absolute Gasteiger partial charge is 0.231 e. The van der Waals surface area contributed by atoms with Crippen LogP contribution in [0.3, 0.4) is 0 Å². The Balaban J connectivity index is 1.88. The normalized spacial score (nSPS) is 25.8. The van der Waals surface area contributed by atoms with E-state index in [1.807, 2.05) is 6.92 Å². The molecule has 1 fully saturated rings. The third-order valence-electron chi connectivity index (χ3n) is 3.89. The predicted molar refractivity (Wildman–Crippen MR) is 74.4 cm³/mol. The number of piperidine rings is 1.